The Morgan fingerprint density at radius 3 is 2.14 bits per heavy atom. The molecule has 0 saturated carbocycles. The van der Waals surface area contributed by atoms with Crippen LogP contribution in [0.4, 0.5) is 0 Å². The number of carbonyl (C=O) groups is 2. The Hall–Kier alpha value is -4.16. The summed E-state index contributed by atoms with van der Waals surface area (Å²) in [5, 5.41) is 3.60. The number of rotatable bonds is 11. The third-order valence-electron chi connectivity index (χ3n) is 5.86. The van der Waals surface area contributed by atoms with Gasteiger partial charge in [-0.1, -0.05) is 72.3 Å². The first-order chi connectivity index (χ1) is 18.1. The number of nitrogens with zero attached hydrogens (tertiary/aromatic N) is 2. The van der Waals surface area contributed by atoms with Gasteiger partial charge in [0, 0.05) is 36.9 Å². The van der Waals surface area contributed by atoms with Crippen molar-refractivity contribution < 1.29 is 14.3 Å². The summed E-state index contributed by atoms with van der Waals surface area (Å²) in [5.41, 5.74) is 2.73. The summed E-state index contributed by atoms with van der Waals surface area (Å²) in [6, 6.07) is 29.0. The number of hydrogen-bond acceptors (Lipinski definition) is 4. The normalized spacial score (nSPS) is 11.4. The van der Waals surface area contributed by atoms with Gasteiger partial charge < -0.3 is 15.0 Å². The van der Waals surface area contributed by atoms with E-state index in [4.69, 9.17) is 16.3 Å². The van der Waals surface area contributed by atoms with Gasteiger partial charge in [0.15, 0.2) is 6.61 Å². The minimum Gasteiger partial charge on any atom is -0.484 e. The lowest BCUT2D eigenvalue weighted by Crippen LogP contribution is -2.51. The molecule has 7 heteroatoms. The highest BCUT2D eigenvalue weighted by Gasteiger charge is 2.30. The second-order valence-corrected chi connectivity index (χ2v) is 8.97. The van der Waals surface area contributed by atoms with Crippen LogP contribution >= 0.6 is 11.6 Å². The van der Waals surface area contributed by atoms with Crippen LogP contribution in [0.25, 0.3) is 0 Å². The van der Waals surface area contributed by atoms with Crippen molar-refractivity contribution in [2.75, 3.05) is 6.61 Å². The second-order valence-electron chi connectivity index (χ2n) is 8.53. The molecule has 37 heavy (non-hydrogen) atoms. The average Bonchev–Trinajstić information content (AvgIpc) is 2.95. The standard InChI is InChI=1S/C30H28ClN3O3/c31-26-13-11-25(12-14-26)21-34(29(35)22-37-27-9-5-2-6-10-27)28(19-23-7-3-1-4-8-23)30(36)33-20-24-15-17-32-18-16-24/h1-18,28H,19-22H2,(H,33,36). The Balaban J connectivity index is 1.60. The van der Waals surface area contributed by atoms with Crippen LogP contribution in [-0.2, 0) is 29.1 Å². The first kappa shape index (κ1) is 25.9. The van der Waals surface area contributed by atoms with E-state index in [0.29, 0.717) is 23.7 Å². The maximum atomic E-state index is 13.6. The van der Waals surface area contributed by atoms with Crippen LogP contribution < -0.4 is 10.1 Å². The van der Waals surface area contributed by atoms with Gasteiger partial charge in [0.25, 0.3) is 5.91 Å². The van der Waals surface area contributed by atoms with Crippen LogP contribution in [0.1, 0.15) is 16.7 Å². The first-order valence-electron chi connectivity index (χ1n) is 12.0. The summed E-state index contributed by atoms with van der Waals surface area (Å²) in [5.74, 6) is 0.0468. The molecule has 1 aromatic heterocycles. The molecule has 4 rings (SSSR count). The zero-order chi connectivity index (χ0) is 25.9. The molecule has 1 unspecified atom stereocenters. The van der Waals surface area contributed by atoms with Crippen LogP contribution in [0.2, 0.25) is 5.02 Å². The van der Waals surface area contributed by atoms with Crippen LogP contribution in [0, 0.1) is 0 Å². The van der Waals surface area contributed by atoms with Gasteiger partial charge in [0.1, 0.15) is 11.8 Å². The summed E-state index contributed by atoms with van der Waals surface area (Å²) in [6.07, 6.45) is 3.72. The fourth-order valence-electron chi connectivity index (χ4n) is 3.89. The van der Waals surface area contributed by atoms with Crippen LogP contribution in [-0.4, -0.2) is 34.3 Å². The van der Waals surface area contributed by atoms with E-state index in [9.17, 15) is 9.59 Å². The van der Waals surface area contributed by atoms with Gasteiger partial charge in [-0.3, -0.25) is 14.6 Å². The van der Waals surface area contributed by atoms with Crippen molar-refractivity contribution in [3.63, 3.8) is 0 Å². The number of carbonyl (C=O) groups excluding carboxylic acids is 2. The number of nitrogens with one attached hydrogen (secondary N) is 1. The molecular weight excluding hydrogens is 486 g/mol. The molecule has 0 fully saturated rings. The number of halogens is 1. The molecule has 6 nitrogen and oxygen atoms in total. The fourth-order valence-corrected chi connectivity index (χ4v) is 4.02. The van der Waals surface area contributed by atoms with Crippen molar-refractivity contribution in [1.82, 2.24) is 15.2 Å². The Bertz CT molecular complexity index is 1270. The molecule has 0 aliphatic heterocycles. The van der Waals surface area contributed by atoms with Gasteiger partial charge in [-0.25, -0.2) is 0 Å². The molecular formula is C30H28ClN3O3. The highest BCUT2D eigenvalue weighted by molar-refractivity contribution is 6.30. The van der Waals surface area contributed by atoms with Gasteiger partial charge in [0.05, 0.1) is 0 Å². The molecule has 0 saturated heterocycles. The zero-order valence-corrected chi connectivity index (χ0v) is 21.1. The van der Waals surface area contributed by atoms with E-state index in [-0.39, 0.29) is 25.0 Å². The molecule has 188 valence electrons. The van der Waals surface area contributed by atoms with Crippen molar-refractivity contribution in [2.24, 2.45) is 0 Å². The van der Waals surface area contributed by atoms with Gasteiger partial charge in [-0.15, -0.1) is 0 Å². The van der Waals surface area contributed by atoms with Crippen molar-refractivity contribution in [3.8, 4) is 5.75 Å². The Kier molecular flexibility index (Phi) is 9.27. The molecule has 1 heterocycles. The Labute approximate surface area is 221 Å². The summed E-state index contributed by atoms with van der Waals surface area (Å²) in [7, 11) is 0. The maximum absolute atomic E-state index is 13.6. The van der Waals surface area contributed by atoms with Crippen molar-refractivity contribution in [1.29, 1.82) is 0 Å². The van der Waals surface area contributed by atoms with E-state index >= 15 is 0 Å². The Morgan fingerprint density at radius 1 is 0.811 bits per heavy atom. The number of benzene rings is 3. The third kappa shape index (κ3) is 7.92. The maximum Gasteiger partial charge on any atom is 0.261 e. The Morgan fingerprint density at radius 2 is 1.46 bits per heavy atom. The molecule has 0 spiro atoms. The molecule has 3 aromatic carbocycles. The predicted octanol–water partition coefficient (Wildman–Crippen LogP) is 5.07. The second kappa shape index (κ2) is 13.2. The molecule has 1 N–H and O–H groups in total. The van der Waals surface area contributed by atoms with Crippen LogP contribution in [0.5, 0.6) is 5.75 Å². The van der Waals surface area contributed by atoms with E-state index in [0.717, 1.165) is 16.7 Å². The smallest absolute Gasteiger partial charge is 0.261 e. The van der Waals surface area contributed by atoms with Gasteiger partial charge in [0.2, 0.25) is 5.91 Å². The number of aromatic nitrogens is 1. The van der Waals surface area contributed by atoms with E-state index in [1.165, 1.54) is 0 Å². The molecule has 0 bridgehead atoms. The highest BCUT2D eigenvalue weighted by Crippen LogP contribution is 2.18. The summed E-state index contributed by atoms with van der Waals surface area (Å²) < 4.78 is 5.76. The minimum absolute atomic E-state index is 0.194. The molecule has 4 aromatic rings. The van der Waals surface area contributed by atoms with E-state index in [1.807, 2.05) is 72.8 Å². The fraction of sp³-hybridized carbons (Fsp3) is 0.167. The van der Waals surface area contributed by atoms with Crippen molar-refractivity contribution >= 4 is 23.4 Å². The van der Waals surface area contributed by atoms with Gasteiger partial charge in [-0.2, -0.15) is 0 Å². The number of hydrogen-bond donors (Lipinski definition) is 1. The molecule has 0 aliphatic carbocycles. The number of pyridine rings is 1. The SMILES string of the molecule is O=C(NCc1ccncc1)C(Cc1ccccc1)N(Cc1ccc(Cl)cc1)C(=O)COc1ccccc1. The lowest BCUT2D eigenvalue weighted by Gasteiger charge is -2.31. The summed E-state index contributed by atoms with van der Waals surface area (Å²) in [6.45, 7) is 0.366. The predicted molar refractivity (Wildman–Crippen MR) is 144 cm³/mol. The lowest BCUT2D eigenvalue weighted by molar-refractivity contribution is -0.142. The topological polar surface area (TPSA) is 71.5 Å². The third-order valence-corrected chi connectivity index (χ3v) is 6.11. The average molecular weight is 514 g/mol. The minimum atomic E-state index is -0.758. The molecule has 0 aliphatic rings. The first-order valence-corrected chi connectivity index (χ1v) is 12.4. The molecule has 2 amide bonds. The largest absolute Gasteiger partial charge is 0.484 e. The number of ether oxygens (including phenoxy) is 1. The summed E-state index contributed by atoms with van der Waals surface area (Å²) >= 11 is 6.08. The van der Waals surface area contributed by atoms with Crippen LogP contribution in [0.15, 0.2) is 109 Å². The van der Waals surface area contributed by atoms with Crippen molar-refractivity contribution in [2.45, 2.75) is 25.6 Å². The highest BCUT2D eigenvalue weighted by atomic mass is 35.5. The number of para-hydroxylation sites is 1. The van der Waals surface area contributed by atoms with Crippen LogP contribution in [0.3, 0.4) is 0 Å². The van der Waals surface area contributed by atoms with Gasteiger partial charge in [-0.05, 0) is 53.1 Å². The quantitative estimate of drug-likeness (QED) is 0.304. The van der Waals surface area contributed by atoms with E-state index < -0.39 is 6.04 Å². The van der Waals surface area contributed by atoms with Gasteiger partial charge >= 0.3 is 0 Å². The monoisotopic (exact) mass is 513 g/mol. The lowest BCUT2D eigenvalue weighted by atomic mass is 10.0. The van der Waals surface area contributed by atoms with E-state index in [2.05, 4.69) is 10.3 Å². The summed E-state index contributed by atoms with van der Waals surface area (Å²) in [4.78, 5) is 32.8. The van der Waals surface area contributed by atoms with E-state index in [1.54, 1.807) is 41.6 Å². The molecule has 1 atom stereocenters. The number of amides is 2. The van der Waals surface area contributed by atoms with Crippen molar-refractivity contribution in [3.05, 3.63) is 131 Å². The zero-order valence-electron chi connectivity index (χ0n) is 20.3. The molecule has 0 radical (unpaired) electrons.